The normalized spacial score (nSPS) is 11.2. The first-order valence-corrected chi connectivity index (χ1v) is 7.82. The maximum atomic E-state index is 12.5. The van der Waals surface area contributed by atoms with Crippen molar-refractivity contribution >= 4 is 15.7 Å². The molecule has 2 aromatic rings. The maximum Gasteiger partial charge on any atom is 0.262 e. The van der Waals surface area contributed by atoms with Crippen LogP contribution >= 0.6 is 0 Å². The van der Waals surface area contributed by atoms with Gasteiger partial charge in [-0.15, -0.1) is 0 Å². The van der Waals surface area contributed by atoms with Gasteiger partial charge in [0.05, 0.1) is 24.3 Å². The van der Waals surface area contributed by atoms with Crippen molar-refractivity contribution in [2.75, 3.05) is 11.8 Å². The van der Waals surface area contributed by atoms with E-state index < -0.39 is 10.0 Å². The van der Waals surface area contributed by atoms with Crippen LogP contribution in [0.1, 0.15) is 11.1 Å². The molecule has 0 fully saturated rings. The van der Waals surface area contributed by atoms with Gasteiger partial charge in [-0.25, -0.2) is 8.42 Å². The molecule has 5 nitrogen and oxygen atoms in total. The zero-order chi connectivity index (χ0) is 15.5. The summed E-state index contributed by atoms with van der Waals surface area (Å²) in [5.74, 6) is 0.442. The van der Waals surface area contributed by atoms with E-state index >= 15 is 0 Å². The molecule has 0 aromatic heterocycles. The summed E-state index contributed by atoms with van der Waals surface area (Å²) in [5, 5.41) is 9.16. The third-order valence-corrected chi connectivity index (χ3v) is 4.58. The summed E-state index contributed by atoms with van der Waals surface area (Å²) >= 11 is 0. The molecule has 0 radical (unpaired) electrons. The van der Waals surface area contributed by atoms with E-state index in [1.165, 1.54) is 13.2 Å². The molecule has 2 aromatic carbocycles. The number of rotatable bonds is 5. The van der Waals surface area contributed by atoms with Crippen LogP contribution in [0.15, 0.2) is 47.4 Å². The van der Waals surface area contributed by atoms with Crippen molar-refractivity contribution in [2.45, 2.75) is 18.4 Å². The van der Waals surface area contributed by atoms with Crippen LogP contribution in [-0.4, -0.2) is 20.6 Å². The Labute approximate surface area is 124 Å². The van der Waals surface area contributed by atoms with Crippen LogP contribution in [-0.2, 0) is 16.6 Å². The predicted octanol–water partition coefficient (Wildman–Crippen LogP) is 2.30. The molecule has 2 N–H and O–H groups in total. The highest BCUT2D eigenvalue weighted by molar-refractivity contribution is 7.92. The minimum Gasteiger partial charge on any atom is -0.495 e. The molecule has 21 heavy (non-hydrogen) atoms. The molecule has 0 atom stereocenters. The van der Waals surface area contributed by atoms with Crippen LogP contribution in [0.5, 0.6) is 5.75 Å². The zero-order valence-corrected chi connectivity index (χ0v) is 12.6. The Morgan fingerprint density at radius 2 is 1.90 bits per heavy atom. The zero-order valence-electron chi connectivity index (χ0n) is 11.8. The van der Waals surface area contributed by atoms with E-state index in [4.69, 9.17) is 9.84 Å². The number of nitrogens with one attached hydrogen (secondary N) is 1. The van der Waals surface area contributed by atoms with Gasteiger partial charge in [-0.05, 0) is 36.2 Å². The van der Waals surface area contributed by atoms with Gasteiger partial charge in [-0.1, -0.05) is 24.3 Å². The highest BCUT2D eigenvalue weighted by Gasteiger charge is 2.19. The Morgan fingerprint density at radius 3 is 2.57 bits per heavy atom. The summed E-state index contributed by atoms with van der Waals surface area (Å²) in [7, 11) is -2.27. The number of hydrogen-bond acceptors (Lipinski definition) is 4. The fourth-order valence-electron chi connectivity index (χ4n) is 1.96. The first-order chi connectivity index (χ1) is 9.97. The molecule has 0 aliphatic heterocycles. The Kier molecular flexibility index (Phi) is 4.50. The summed E-state index contributed by atoms with van der Waals surface area (Å²) in [6.07, 6.45) is 0. The molecule has 0 heterocycles. The highest BCUT2D eigenvalue weighted by Crippen LogP contribution is 2.27. The number of aliphatic hydroxyl groups is 1. The summed E-state index contributed by atoms with van der Waals surface area (Å²) < 4.78 is 32.7. The smallest absolute Gasteiger partial charge is 0.262 e. The second-order valence-electron chi connectivity index (χ2n) is 4.56. The van der Waals surface area contributed by atoms with Crippen molar-refractivity contribution in [1.82, 2.24) is 0 Å². The summed E-state index contributed by atoms with van der Waals surface area (Å²) in [6, 6.07) is 11.6. The predicted molar refractivity (Wildman–Crippen MR) is 80.9 cm³/mol. The van der Waals surface area contributed by atoms with Crippen LogP contribution < -0.4 is 9.46 Å². The van der Waals surface area contributed by atoms with E-state index in [-0.39, 0.29) is 11.5 Å². The SMILES string of the molecule is COc1ccccc1NS(=O)(=O)c1cc(CO)ccc1C. The second kappa shape index (κ2) is 6.15. The van der Waals surface area contributed by atoms with Gasteiger partial charge < -0.3 is 9.84 Å². The van der Waals surface area contributed by atoms with Crippen molar-refractivity contribution < 1.29 is 18.3 Å². The molecular formula is C15H17NO4S. The van der Waals surface area contributed by atoms with Crippen molar-refractivity contribution in [3.8, 4) is 5.75 Å². The minimum absolute atomic E-state index is 0.139. The molecule has 0 aliphatic rings. The van der Waals surface area contributed by atoms with E-state index in [9.17, 15) is 8.42 Å². The van der Waals surface area contributed by atoms with Crippen LogP contribution in [0.25, 0.3) is 0 Å². The first-order valence-electron chi connectivity index (χ1n) is 6.34. The van der Waals surface area contributed by atoms with E-state index in [1.54, 1.807) is 43.3 Å². The van der Waals surface area contributed by atoms with Gasteiger partial charge >= 0.3 is 0 Å². The third kappa shape index (κ3) is 3.34. The number of sulfonamides is 1. The number of benzene rings is 2. The Balaban J connectivity index is 2.43. The number of ether oxygens (including phenoxy) is 1. The molecular weight excluding hydrogens is 290 g/mol. The van der Waals surface area contributed by atoms with Gasteiger partial charge in [-0.2, -0.15) is 0 Å². The fraction of sp³-hybridized carbons (Fsp3) is 0.200. The Morgan fingerprint density at radius 1 is 1.19 bits per heavy atom. The number of aryl methyl sites for hydroxylation is 1. The van der Waals surface area contributed by atoms with Gasteiger partial charge in [0.25, 0.3) is 10.0 Å². The number of anilines is 1. The number of aliphatic hydroxyl groups excluding tert-OH is 1. The minimum atomic E-state index is -3.75. The summed E-state index contributed by atoms with van der Waals surface area (Å²) in [6.45, 7) is 1.50. The lowest BCUT2D eigenvalue weighted by atomic mass is 10.2. The largest absolute Gasteiger partial charge is 0.495 e. The maximum absolute atomic E-state index is 12.5. The molecule has 0 amide bonds. The number of methoxy groups -OCH3 is 1. The van der Waals surface area contributed by atoms with Crippen molar-refractivity contribution in [1.29, 1.82) is 0 Å². The van der Waals surface area contributed by atoms with Crippen molar-refractivity contribution in [3.05, 3.63) is 53.6 Å². The standard InChI is InChI=1S/C15H17NO4S/c1-11-7-8-12(10-17)9-15(11)21(18,19)16-13-5-3-4-6-14(13)20-2/h3-9,16-17H,10H2,1-2H3. The van der Waals surface area contributed by atoms with Gasteiger partial charge in [-0.3, -0.25) is 4.72 Å². The molecule has 6 heteroatoms. The lowest BCUT2D eigenvalue weighted by molar-refractivity contribution is 0.281. The quantitative estimate of drug-likeness (QED) is 0.888. The molecule has 2 rings (SSSR count). The molecule has 0 unspecified atom stereocenters. The topological polar surface area (TPSA) is 75.6 Å². The molecule has 0 bridgehead atoms. The fourth-order valence-corrected chi connectivity index (χ4v) is 3.33. The van der Waals surface area contributed by atoms with Crippen LogP contribution in [0, 0.1) is 6.92 Å². The van der Waals surface area contributed by atoms with Gasteiger partial charge in [0.15, 0.2) is 0 Å². The lowest BCUT2D eigenvalue weighted by Crippen LogP contribution is -2.15. The van der Waals surface area contributed by atoms with Gasteiger partial charge in [0, 0.05) is 0 Å². The Hall–Kier alpha value is -2.05. The molecule has 0 spiro atoms. The average Bonchev–Trinajstić information content (AvgIpc) is 2.47. The van der Waals surface area contributed by atoms with Crippen LogP contribution in [0.2, 0.25) is 0 Å². The van der Waals surface area contributed by atoms with E-state index in [0.717, 1.165) is 0 Å². The molecule has 0 saturated heterocycles. The third-order valence-electron chi connectivity index (χ3n) is 3.08. The molecule has 0 aliphatic carbocycles. The second-order valence-corrected chi connectivity index (χ2v) is 6.21. The molecule has 112 valence electrons. The lowest BCUT2D eigenvalue weighted by Gasteiger charge is -2.13. The van der Waals surface area contributed by atoms with E-state index in [2.05, 4.69) is 4.72 Å². The monoisotopic (exact) mass is 307 g/mol. The average molecular weight is 307 g/mol. The molecule has 0 saturated carbocycles. The summed E-state index contributed by atoms with van der Waals surface area (Å²) in [5.41, 5.74) is 1.52. The number of para-hydroxylation sites is 2. The van der Waals surface area contributed by atoms with E-state index in [1.807, 2.05) is 0 Å². The first kappa shape index (κ1) is 15.3. The van der Waals surface area contributed by atoms with Gasteiger partial charge in [0.2, 0.25) is 0 Å². The number of hydrogen-bond donors (Lipinski definition) is 2. The van der Waals surface area contributed by atoms with Crippen LogP contribution in [0.4, 0.5) is 5.69 Å². The van der Waals surface area contributed by atoms with Gasteiger partial charge in [0.1, 0.15) is 5.75 Å². The van der Waals surface area contributed by atoms with Crippen molar-refractivity contribution in [2.24, 2.45) is 0 Å². The van der Waals surface area contributed by atoms with Crippen LogP contribution in [0.3, 0.4) is 0 Å². The summed E-state index contributed by atoms with van der Waals surface area (Å²) in [4.78, 5) is 0.139. The van der Waals surface area contributed by atoms with Crippen molar-refractivity contribution in [3.63, 3.8) is 0 Å². The Bertz CT molecular complexity index is 741. The van der Waals surface area contributed by atoms with E-state index in [0.29, 0.717) is 22.6 Å². The highest BCUT2D eigenvalue weighted by atomic mass is 32.2.